The van der Waals surface area contributed by atoms with E-state index in [4.69, 9.17) is 5.73 Å². The zero-order chi connectivity index (χ0) is 15.1. The summed E-state index contributed by atoms with van der Waals surface area (Å²) >= 11 is 1.48. The number of nitrogens with zero attached hydrogens (tertiary/aromatic N) is 1. The lowest BCUT2D eigenvalue weighted by atomic mass is 10.1. The molecular formula is C14H15FN2O3S. The maximum Gasteiger partial charge on any atom is 0.327 e. The van der Waals surface area contributed by atoms with Crippen molar-refractivity contribution in [3.8, 4) is 0 Å². The van der Waals surface area contributed by atoms with Crippen molar-refractivity contribution in [2.45, 2.75) is 24.3 Å². The monoisotopic (exact) mass is 310 g/mol. The smallest absolute Gasteiger partial charge is 0.327 e. The van der Waals surface area contributed by atoms with Crippen LogP contribution in [-0.2, 0) is 4.79 Å². The predicted octanol–water partition coefficient (Wildman–Crippen LogP) is 1.79. The molecular weight excluding hydrogens is 295 g/mol. The highest BCUT2D eigenvalue weighted by atomic mass is 32.2. The van der Waals surface area contributed by atoms with Gasteiger partial charge >= 0.3 is 5.97 Å². The number of hydrogen-bond acceptors (Lipinski definition) is 4. The van der Waals surface area contributed by atoms with E-state index in [1.807, 2.05) is 0 Å². The van der Waals surface area contributed by atoms with E-state index < -0.39 is 23.7 Å². The number of hydrogen-bond donors (Lipinski definition) is 2. The Kier molecular flexibility index (Phi) is 3.52. The molecule has 112 valence electrons. The van der Waals surface area contributed by atoms with E-state index in [2.05, 4.69) is 0 Å². The molecule has 3 rings (SSSR count). The summed E-state index contributed by atoms with van der Waals surface area (Å²) in [7, 11) is 0. The molecule has 1 heterocycles. The molecule has 1 saturated heterocycles. The third kappa shape index (κ3) is 2.46. The van der Waals surface area contributed by atoms with Gasteiger partial charge in [-0.2, -0.15) is 0 Å². The van der Waals surface area contributed by atoms with Gasteiger partial charge in [0.05, 0.1) is 16.6 Å². The van der Waals surface area contributed by atoms with Crippen LogP contribution < -0.4 is 5.73 Å². The summed E-state index contributed by atoms with van der Waals surface area (Å²) in [5.74, 6) is -1.51. The van der Waals surface area contributed by atoms with Crippen LogP contribution in [-0.4, -0.2) is 39.1 Å². The van der Waals surface area contributed by atoms with Crippen molar-refractivity contribution in [2.24, 2.45) is 5.92 Å². The highest BCUT2D eigenvalue weighted by molar-refractivity contribution is 8.00. The van der Waals surface area contributed by atoms with E-state index in [0.717, 1.165) is 12.8 Å². The molecule has 1 aliphatic heterocycles. The predicted molar refractivity (Wildman–Crippen MR) is 77.4 cm³/mol. The Morgan fingerprint density at radius 3 is 2.71 bits per heavy atom. The highest BCUT2D eigenvalue weighted by Crippen LogP contribution is 2.46. The van der Waals surface area contributed by atoms with Gasteiger partial charge in [0.25, 0.3) is 5.91 Å². The molecule has 2 fully saturated rings. The van der Waals surface area contributed by atoms with Gasteiger partial charge < -0.3 is 15.7 Å². The number of carbonyl (C=O) groups is 2. The number of anilines is 1. The minimum absolute atomic E-state index is 0.0365. The number of amides is 1. The summed E-state index contributed by atoms with van der Waals surface area (Å²) < 4.78 is 13.5. The van der Waals surface area contributed by atoms with Crippen LogP contribution in [0.2, 0.25) is 0 Å². The van der Waals surface area contributed by atoms with E-state index in [1.54, 1.807) is 0 Å². The number of halogens is 1. The lowest BCUT2D eigenvalue weighted by molar-refractivity contribution is -0.141. The first kappa shape index (κ1) is 14.2. The highest BCUT2D eigenvalue weighted by Gasteiger charge is 2.48. The van der Waals surface area contributed by atoms with Crippen molar-refractivity contribution in [3.05, 3.63) is 29.6 Å². The fraction of sp³-hybridized carbons (Fsp3) is 0.429. The first-order valence-corrected chi connectivity index (χ1v) is 7.76. The van der Waals surface area contributed by atoms with Gasteiger partial charge in [-0.25, -0.2) is 9.18 Å². The normalized spacial score (nSPS) is 25.1. The third-order valence-corrected chi connectivity index (χ3v) is 5.32. The minimum atomic E-state index is -1.03. The van der Waals surface area contributed by atoms with E-state index in [0.29, 0.717) is 11.7 Å². The average Bonchev–Trinajstić information content (AvgIpc) is 3.19. The van der Waals surface area contributed by atoms with Crippen LogP contribution in [0.5, 0.6) is 0 Å². The third-order valence-electron chi connectivity index (χ3n) is 3.86. The lowest BCUT2D eigenvalue weighted by Crippen LogP contribution is -2.46. The lowest BCUT2D eigenvalue weighted by Gasteiger charge is -2.28. The Labute approximate surface area is 125 Å². The van der Waals surface area contributed by atoms with Gasteiger partial charge in [0, 0.05) is 5.75 Å². The Hall–Kier alpha value is -1.76. The van der Waals surface area contributed by atoms with Crippen molar-refractivity contribution in [1.29, 1.82) is 0 Å². The second-order valence-corrected chi connectivity index (χ2v) is 6.48. The van der Waals surface area contributed by atoms with Gasteiger partial charge in [0.15, 0.2) is 0 Å². The Morgan fingerprint density at radius 2 is 2.10 bits per heavy atom. The standard InChI is InChI=1S/C14H15FN2O3S/c15-9-3-1-2-8(11(9)16)12(18)17-10(14(19)20)6-21-13(17)7-4-5-7/h1-3,7,10,13H,4-6,16H2,(H,19,20). The quantitative estimate of drug-likeness (QED) is 0.832. The fourth-order valence-corrected chi connectivity index (χ4v) is 4.21. The van der Waals surface area contributed by atoms with Gasteiger partial charge in [-0.05, 0) is 30.9 Å². The van der Waals surface area contributed by atoms with Crippen molar-refractivity contribution in [3.63, 3.8) is 0 Å². The van der Waals surface area contributed by atoms with Crippen LogP contribution in [0.1, 0.15) is 23.2 Å². The zero-order valence-corrected chi connectivity index (χ0v) is 12.0. The van der Waals surface area contributed by atoms with Crippen molar-refractivity contribution in [2.75, 3.05) is 11.5 Å². The molecule has 1 aromatic rings. The minimum Gasteiger partial charge on any atom is -0.480 e. The number of nitrogens with two attached hydrogens (primary N) is 1. The molecule has 0 spiro atoms. The summed E-state index contributed by atoms with van der Waals surface area (Å²) in [6.45, 7) is 0. The molecule has 0 radical (unpaired) electrons. The molecule has 0 aromatic heterocycles. The van der Waals surface area contributed by atoms with E-state index in [-0.39, 0.29) is 16.6 Å². The van der Waals surface area contributed by atoms with E-state index in [9.17, 15) is 19.1 Å². The second-order valence-electron chi connectivity index (χ2n) is 5.33. The number of aliphatic carboxylic acids is 1. The Bertz CT molecular complexity index is 606. The first-order chi connectivity index (χ1) is 10.0. The van der Waals surface area contributed by atoms with Crippen molar-refractivity contribution in [1.82, 2.24) is 4.90 Å². The topological polar surface area (TPSA) is 83.6 Å². The SMILES string of the molecule is Nc1c(F)cccc1C(=O)N1C(C(=O)O)CSC1C1CC1. The molecule has 7 heteroatoms. The number of benzene rings is 1. The molecule has 5 nitrogen and oxygen atoms in total. The Morgan fingerprint density at radius 1 is 1.38 bits per heavy atom. The number of carboxylic acids is 1. The van der Waals surface area contributed by atoms with Crippen LogP contribution >= 0.6 is 11.8 Å². The fourth-order valence-electron chi connectivity index (χ4n) is 2.58. The van der Waals surface area contributed by atoms with Crippen LogP contribution in [0.3, 0.4) is 0 Å². The zero-order valence-electron chi connectivity index (χ0n) is 11.2. The number of rotatable bonds is 3. The summed E-state index contributed by atoms with van der Waals surface area (Å²) in [5.41, 5.74) is 5.45. The molecule has 21 heavy (non-hydrogen) atoms. The number of para-hydroxylation sites is 1. The molecule has 1 aliphatic carbocycles. The summed E-state index contributed by atoms with van der Waals surface area (Å²) in [4.78, 5) is 25.4. The van der Waals surface area contributed by atoms with Gasteiger partial charge in [-0.3, -0.25) is 4.79 Å². The van der Waals surface area contributed by atoms with Crippen LogP contribution in [0.15, 0.2) is 18.2 Å². The molecule has 2 unspecified atom stereocenters. The maximum absolute atomic E-state index is 13.5. The van der Waals surface area contributed by atoms with E-state index in [1.165, 1.54) is 34.9 Å². The summed E-state index contributed by atoms with van der Waals surface area (Å²) in [6, 6.07) is 3.14. The molecule has 2 atom stereocenters. The van der Waals surface area contributed by atoms with Crippen molar-refractivity contribution >= 4 is 29.3 Å². The average molecular weight is 310 g/mol. The molecule has 1 saturated carbocycles. The molecule has 2 aliphatic rings. The summed E-state index contributed by atoms with van der Waals surface area (Å²) in [6.07, 6.45) is 1.98. The summed E-state index contributed by atoms with van der Waals surface area (Å²) in [5, 5.41) is 9.16. The second kappa shape index (κ2) is 5.22. The van der Waals surface area contributed by atoms with Gasteiger partial charge in [-0.15, -0.1) is 11.8 Å². The molecule has 0 bridgehead atoms. The van der Waals surface area contributed by atoms with Crippen LogP contribution in [0.25, 0.3) is 0 Å². The van der Waals surface area contributed by atoms with E-state index >= 15 is 0 Å². The number of carboxylic acid groups (broad SMARTS) is 1. The number of carbonyl (C=O) groups excluding carboxylic acids is 1. The van der Waals surface area contributed by atoms with Crippen LogP contribution in [0.4, 0.5) is 10.1 Å². The first-order valence-electron chi connectivity index (χ1n) is 6.71. The molecule has 1 amide bonds. The Balaban J connectivity index is 1.96. The molecule has 3 N–H and O–H groups in total. The molecule has 1 aromatic carbocycles. The maximum atomic E-state index is 13.5. The van der Waals surface area contributed by atoms with Gasteiger partial charge in [0.1, 0.15) is 11.9 Å². The van der Waals surface area contributed by atoms with Gasteiger partial charge in [-0.1, -0.05) is 6.07 Å². The largest absolute Gasteiger partial charge is 0.480 e. The number of nitrogen functional groups attached to an aromatic ring is 1. The van der Waals surface area contributed by atoms with Crippen molar-refractivity contribution < 1.29 is 19.1 Å². The number of thioether (sulfide) groups is 1. The van der Waals surface area contributed by atoms with Crippen LogP contribution in [0, 0.1) is 11.7 Å². The van der Waals surface area contributed by atoms with Gasteiger partial charge in [0.2, 0.25) is 0 Å².